The van der Waals surface area contributed by atoms with Gasteiger partial charge in [0, 0.05) is 14.6 Å². The summed E-state index contributed by atoms with van der Waals surface area (Å²) in [5.41, 5.74) is 3.02. The van der Waals surface area contributed by atoms with E-state index < -0.39 is 0 Å². The summed E-state index contributed by atoms with van der Waals surface area (Å²) in [4.78, 5) is 12.1. The molecule has 0 saturated heterocycles. The molecule has 0 saturated carbocycles. The molecule has 0 radical (unpaired) electrons. The van der Waals surface area contributed by atoms with Gasteiger partial charge in [0.05, 0.1) is 5.56 Å². The first-order valence-corrected chi connectivity index (χ1v) is 7.72. The van der Waals surface area contributed by atoms with Crippen LogP contribution >= 0.6 is 38.5 Å². The van der Waals surface area contributed by atoms with Crippen LogP contribution in [0, 0.1) is 10.5 Å². The molecule has 2 rings (SSSR count). The van der Waals surface area contributed by atoms with Gasteiger partial charge in [-0.25, -0.2) is 0 Å². The Morgan fingerprint density at radius 2 is 1.89 bits per heavy atom. The second-order valence-corrected chi connectivity index (χ2v) is 6.37. The topological polar surface area (TPSA) is 29.1 Å². The van der Waals surface area contributed by atoms with E-state index in [0.29, 0.717) is 12.1 Å². The summed E-state index contributed by atoms with van der Waals surface area (Å²) in [6.45, 7) is 2.59. The number of hydrogen-bond acceptors (Lipinski definition) is 1. The summed E-state index contributed by atoms with van der Waals surface area (Å²) in [5.74, 6) is -0.0497. The van der Waals surface area contributed by atoms with Crippen molar-refractivity contribution in [3.05, 3.63) is 67.2 Å². The Morgan fingerprint density at radius 1 is 1.21 bits per heavy atom. The van der Waals surface area contributed by atoms with E-state index in [9.17, 15) is 4.79 Å². The average Bonchev–Trinajstić information content (AvgIpc) is 2.40. The monoisotopic (exact) mass is 429 g/mol. The van der Waals surface area contributed by atoms with Crippen LogP contribution in [0.2, 0.25) is 0 Å². The fourth-order valence-corrected chi connectivity index (χ4v) is 2.60. The number of carbonyl (C=O) groups excluding carboxylic acids is 1. The van der Waals surface area contributed by atoms with Crippen molar-refractivity contribution in [2.24, 2.45) is 0 Å². The molecule has 0 spiro atoms. The van der Waals surface area contributed by atoms with Crippen molar-refractivity contribution in [2.45, 2.75) is 13.5 Å². The minimum atomic E-state index is -0.0497. The third-order valence-electron chi connectivity index (χ3n) is 2.75. The second-order valence-electron chi connectivity index (χ2n) is 4.29. The van der Waals surface area contributed by atoms with Crippen LogP contribution in [0.25, 0.3) is 0 Å². The highest BCUT2D eigenvalue weighted by molar-refractivity contribution is 14.1. The molecular formula is C15H13BrINO. The molecule has 0 unspecified atom stereocenters. The third kappa shape index (κ3) is 4.04. The Labute approximate surface area is 134 Å². The zero-order valence-electron chi connectivity index (χ0n) is 10.4. The number of aryl methyl sites for hydroxylation is 1. The Bertz CT molecular complexity index is 596. The normalized spacial score (nSPS) is 10.3. The van der Waals surface area contributed by atoms with Gasteiger partial charge in [-0.15, -0.1) is 0 Å². The van der Waals surface area contributed by atoms with E-state index in [4.69, 9.17) is 0 Å². The third-order valence-corrected chi connectivity index (χ3v) is 4.18. The van der Waals surface area contributed by atoms with Crippen LogP contribution in [0.5, 0.6) is 0 Å². The molecule has 0 fully saturated rings. The van der Waals surface area contributed by atoms with Crippen LogP contribution in [0.15, 0.2) is 46.9 Å². The largest absolute Gasteiger partial charge is 0.348 e. The van der Waals surface area contributed by atoms with Crippen LogP contribution in [0.1, 0.15) is 21.5 Å². The molecule has 0 atom stereocenters. The van der Waals surface area contributed by atoms with Gasteiger partial charge in [0.15, 0.2) is 0 Å². The molecule has 0 aliphatic carbocycles. The van der Waals surface area contributed by atoms with Crippen molar-refractivity contribution >= 4 is 44.4 Å². The van der Waals surface area contributed by atoms with Gasteiger partial charge >= 0.3 is 0 Å². The first-order chi connectivity index (χ1) is 9.06. The molecule has 0 heterocycles. The molecule has 2 aromatic rings. The van der Waals surface area contributed by atoms with Crippen molar-refractivity contribution in [1.82, 2.24) is 5.32 Å². The summed E-state index contributed by atoms with van der Waals surface area (Å²) in [7, 11) is 0. The Balaban J connectivity index is 2.05. The summed E-state index contributed by atoms with van der Waals surface area (Å²) in [6, 6.07) is 13.8. The minimum absolute atomic E-state index is 0.0497. The number of amides is 1. The average molecular weight is 430 g/mol. The van der Waals surface area contributed by atoms with Crippen molar-refractivity contribution in [1.29, 1.82) is 0 Å². The van der Waals surface area contributed by atoms with E-state index in [2.05, 4.69) is 43.8 Å². The van der Waals surface area contributed by atoms with Crippen molar-refractivity contribution in [3.63, 3.8) is 0 Å². The summed E-state index contributed by atoms with van der Waals surface area (Å²) < 4.78 is 1.86. The highest BCUT2D eigenvalue weighted by Gasteiger charge is 2.09. The lowest BCUT2D eigenvalue weighted by Crippen LogP contribution is -2.23. The van der Waals surface area contributed by atoms with Gasteiger partial charge in [-0.05, 0) is 53.3 Å². The van der Waals surface area contributed by atoms with E-state index in [0.717, 1.165) is 13.6 Å². The fourth-order valence-electron chi connectivity index (χ4n) is 1.65. The van der Waals surface area contributed by atoms with Gasteiger partial charge in [-0.3, -0.25) is 4.79 Å². The predicted octanol–water partition coefficient (Wildman–Crippen LogP) is 4.29. The first-order valence-electron chi connectivity index (χ1n) is 5.85. The molecule has 1 N–H and O–H groups in total. The summed E-state index contributed by atoms with van der Waals surface area (Å²) in [5, 5.41) is 2.94. The molecule has 2 nitrogen and oxygen atoms in total. The van der Waals surface area contributed by atoms with E-state index >= 15 is 0 Å². The molecule has 0 bridgehead atoms. The fraction of sp³-hybridized carbons (Fsp3) is 0.133. The lowest BCUT2D eigenvalue weighted by atomic mass is 10.1. The molecule has 0 aliphatic heterocycles. The zero-order chi connectivity index (χ0) is 13.8. The van der Waals surface area contributed by atoms with Crippen LogP contribution in [-0.4, -0.2) is 5.91 Å². The summed E-state index contributed by atoms with van der Waals surface area (Å²) >= 11 is 5.55. The lowest BCUT2D eigenvalue weighted by molar-refractivity contribution is 0.0950. The predicted molar refractivity (Wildman–Crippen MR) is 89.2 cm³/mol. The minimum Gasteiger partial charge on any atom is -0.348 e. The first kappa shape index (κ1) is 14.5. The van der Waals surface area contributed by atoms with Crippen LogP contribution in [-0.2, 0) is 6.54 Å². The smallest absolute Gasteiger partial charge is 0.252 e. The van der Waals surface area contributed by atoms with E-state index in [1.165, 1.54) is 5.56 Å². The Morgan fingerprint density at radius 3 is 2.58 bits per heavy atom. The second kappa shape index (κ2) is 6.52. The standard InChI is InChI=1S/C15H13BrINO/c1-10-2-4-11(5-3-10)9-18-15(19)13-8-12(16)6-7-14(13)17/h2-8H,9H2,1H3,(H,18,19). The van der Waals surface area contributed by atoms with E-state index in [1.54, 1.807) is 0 Å². The van der Waals surface area contributed by atoms with Crippen molar-refractivity contribution in [2.75, 3.05) is 0 Å². The Kier molecular flexibility index (Phi) is 4.99. The number of nitrogens with one attached hydrogen (secondary N) is 1. The molecule has 19 heavy (non-hydrogen) atoms. The molecule has 0 aromatic heterocycles. The SMILES string of the molecule is Cc1ccc(CNC(=O)c2cc(Br)ccc2I)cc1. The highest BCUT2D eigenvalue weighted by atomic mass is 127. The van der Waals surface area contributed by atoms with Crippen molar-refractivity contribution < 1.29 is 4.79 Å². The highest BCUT2D eigenvalue weighted by Crippen LogP contribution is 2.18. The lowest BCUT2D eigenvalue weighted by Gasteiger charge is -2.08. The molecule has 2 aromatic carbocycles. The van der Waals surface area contributed by atoms with Crippen LogP contribution < -0.4 is 5.32 Å². The van der Waals surface area contributed by atoms with Gasteiger partial charge in [-0.1, -0.05) is 45.8 Å². The number of carbonyl (C=O) groups is 1. The maximum Gasteiger partial charge on any atom is 0.252 e. The molecule has 1 amide bonds. The number of benzene rings is 2. The molecule has 4 heteroatoms. The van der Waals surface area contributed by atoms with Gasteiger partial charge in [0.1, 0.15) is 0 Å². The number of halogens is 2. The van der Waals surface area contributed by atoms with Crippen molar-refractivity contribution in [3.8, 4) is 0 Å². The molecule has 98 valence electrons. The quantitative estimate of drug-likeness (QED) is 0.724. The summed E-state index contributed by atoms with van der Waals surface area (Å²) in [6.07, 6.45) is 0. The van der Waals surface area contributed by atoms with Crippen LogP contribution in [0.3, 0.4) is 0 Å². The van der Waals surface area contributed by atoms with Gasteiger partial charge in [0.25, 0.3) is 5.91 Å². The molecular weight excluding hydrogens is 417 g/mol. The van der Waals surface area contributed by atoms with Gasteiger partial charge in [0.2, 0.25) is 0 Å². The van der Waals surface area contributed by atoms with Gasteiger partial charge < -0.3 is 5.32 Å². The Hall–Kier alpha value is -0.880. The van der Waals surface area contributed by atoms with E-state index in [-0.39, 0.29) is 5.91 Å². The maximum atomic E-state index is 12.1. The van der Waals surface area contributed by atoms with Crippen LogP contribution in [0.4, 0.5) is 0 Å². The maximum absolute atomic E-state index is 12.1. The molecule has 0 aliphatic rings. The number of rotatable bonds is 3. The van der Waals surface area contributed by atoms with E-state index in [1.807, 2.05) is 49.4 Å². The number of hydrogen-bond donors (Lipinski definition) is 1. The van der Waals surface area contributed by atoms with Gasteiger partial charge in [-0.2, -0.15) is 0 Å². The zero-order valence-corrected chi connectivity index (χ0v) is 14.2.